The maximum atomic E-state index is 14.0. The molecule has 1 N–H and O–H groups in total. The molecule has 2 saturated heterocycles. The van der Waals surface area contributed by atoms with Crippen molar-refractivity contribution in [1.29, 1.82) is 0 Å². The van der Waals surface area contributed by atoms with E-state index >= 15 is 0 Å². The third kappa shape index (κ3) is 3.34. The average Bonchev–Trinajstić information content (AvgIpc) is 3.27. The summed E-state index contributed by atoms with van der Waals surface area (Å²) in [6.45, 7) is 0. The molecule has 40 heavy (non-hydrogen) atoms. The van der Waals surface area contributed by atoms with Crippen LogP contribution in [0, 0.1) is 27.9 Å². The molecule has 3 fully saturated rings. The van der Waals surface area contributed by atoms with Crippen molar-refractivity contribution in [1.82, 2.24) is 4.90 Å². The zero-order valence-electron chi connectivity index (χ0n) is 20.5. The van der Waals surface area contributed by atoms with E-state index in [1.165, 1.54) is 24.3 Å². The topological polar surface area (TPSA) is 138 Å². The molecule has 4 aliphatic rings. The first-order chi connectivity index (χ1) is 19.0. The molecule has 206 valence electrons. The number of phenolic OH excluding ortho intramolecular Hbond substituents is 1. The van der Waals surface area contributed by atoms with Crippen molar-refractivity contribution in [3.63, 3.8) is 0 Å². The summed E-state index contributed by atoms with van der Waals surface area (Å²) in [6.07, 6.45) is 1.67. The first-order valence-electron chi connectivity index (χ1n) is 12.4. The Bertz CT molecular complexity index is 1570. The molecular weight excluding hydrogens is 629 g/mol. The van der Waals surface area contributed by atoms with Crippen molar-refractivity contribution in [3.8, 4) is 5.75 Å². The molecule has 2 aromatic rings. The lowest BCUT2D eigenvalue weighted by atomic mass is 9.56. The molecule has 2 heterocycles. The van der Waals surface area contributed by atoms with Gasteiger partial charge in [-0.3, -0.25) is 34.2 Å². The van der Waals surface area contributed by atoms with Crippen LogP contribution in [0.4, 0.5) is 11.4 Å². The smallest absolute Gasteiger partial charge is 0.271 e. The number of non-ortho nitro benzene ring substituents is 1. The molecule has 0 bridgehead atoms. The fourth-order valence-corrected chi connectivity index (χ4v) is 8.25. The van der Waals surface area contributed by atoms with Crippen LogP contribution in [0.3, 0.4) is 0 Å². The van der Waals surface area contributed by atoms with Crippen molar-refractivity contribution >= 4 is 74.1 Å². The van der Waals surface area contributed by atoms with E-state index in [2.05, 4.69) is 15.9 Å². The van der Waals surface area contributed by atoms with Gasteiger partial charge in [-0.1, -0.05) is 51.8 Å². The first kappa shape index (κ1) is 26.9. The number of aromatic hydroxyl groups is 1. The number of hydrogen-bond donors (Lipinski definition) is 1. The molecule has 6 atom stereocenters. The number of allylic oxidation sites excluding steroid dienone is 2. The lowest BCUT2D eigenvalue weighted by Crippen LogP contribution is -2.60. The van der Waals surface area contributed by atoms with Crippen LogP contribution in [-0.4, -0.2) is 53.8 Å². The van der Waals surface area contributed by atoms with E-state index in [0.717, 1.165) is 15.9 Å². The van der Waals surface area contributed by atoms with Crippen LogP contribution in [0.1, 0.15) is 24.3 Å². The van der Waals surface area contributed by atoms with Gasteiger partial charge in [0.15, 0.2) is 9.75 Å². The van der Waals surface area contributed by atoms with Crippen LogP contribution < -0.4 is 4.90 Å². The second-order valence-corrected chi connectivity index (χ2v) is 12.1. The number of amides is 4. The molecule has 4 amide bonds. The lowest BCUT2D eigenvalue weighted by molar-refractivity contribution is -0.384. The first-order valence-corrected chi connectivity index (χ1v) is 14.3. The number of hydrogen-bond acceptors (Lipinski definition) is 7. The Morgan fingerprint density at radius 3 is 2.42 bits per heavy atom. The van der Waals surface area contributed by atoms with Crippen LogP contribution in [0.15, 0.2) is 60.2 Å². The van der Waals surface area contributed by atoms with Crippen LogP contribution in [-0.2, 0) is 19.2 Å². The highest BCUT2D eigenvalue weighted by Crippen LogP contribution is 2.66. The number of benzene rings is 2. The Balaban J connectivity index is 1.51. The van der Waals surface area contributed by atoms with Crippen molar-refractivity contribution < 1.29 is 29.2 Å². The van der Waals surface area contributed by atoms with Crippen LogP contribution >= 0.6 is 39.1 Å². The monoisotopic (exact) mass is 647 g/mol. The number of rotatable bonds is 4. The van der Waals surface area contributed by atoms with Gasteiger partial charge in [-0.15, -0.1) is 23.2 Å². The third-order valence-corrected chi connectivity index (χ3v) is 10.5. The Kier molecular flexibility index (Phi) is 6.14. The summed E-state index contributed by atoms with van der Waals surface area (Å²) in [4.78, 5) is 63.4. The summed E-state index contributed by atoms with van der Waals surface area (Å²) in [7, 11) is 0. The van der Waals surface area contributed by atoms with Gasteiger partial charge in [0.05, 0.1) is 27.9 Å². The van der Waals surface area contributed by atoms with Gasteiger partial charge in [0.1, 0.15) is 5.75 Å². The van der Waals surface area contributed by atoms with E-state index in [1.807, 2.05) is 0 Å². The summed E-state index contributed by atoms with van der Waals surface area (Å²) in [5.74, 6) is -6.37. The Morgan fingerprint density at radius 2 is 1.75 bits per heavy atom. The van der Waals surface area contributed by atoms with Gasteiger partial charge in [-0.05, 0) is 30.9 Å². The average molecular weight is 649 g/mol. The number of imide groups is 2. The van der Waals surface area contributed by atoms with Gasteiger partial charge in [-0.2, -0.15) is 0 Å². The number of anilines is 1. The zero-order valence-corrected chi connectivity index (χ0v) is 23.6. The third-order valence-electron chi connectivity index (χ3n) is 8.56. The largest absolute Gasteiger partial charge is 0.508 e. The highest BCUT2D eigenvalue weighted by molar-refractivity contribution is 9.09. The molecule has 0 spiro atoms. The minimum atomic E-state index is -2.02. The van der Waals surface area contributed by atoms with E-state index < -0.39 is 62.0 Å². The summed E-state index contributed by atoms with van der Waals surface area (Å²) >= 11 is 17.4. The van der Waals surface area contributed by atoms with Crippen LogP contribution in [0.5, 0.6) is 5.75 Å². The van der Waals surface area contributed by atoms with Gasteiger partial charge in [0, 0.05) is 23.6 Å². The second kappa shape index (κ2) is 9.12. The highest BCUT2D eigenvalue weighted by atomic mass is 79.9. The minimum Gasteiger partial charge on any atom is -0.508 e. The number of likely N-dealkylation sites (tertiary alicyclic amines) is 1. The van der Waals surface area contributed by atoms with E-state index in [-0.39, 0.29) is 41.0 Å². The number of fused-ring (bicyclic) bond motifs is 4. The molecule has 2 aliphatic heterocycles. The van der Waals surface area contributed by atoms with Gasteiger partial charge < -0.3 is 5.11 Å². The summed E-state index contributed by atoms with van der Waals surface area (Å²) < 4.78 is 0. The molecule has 0 radical (unpaired) electrons. The summed E-state index contributed by atoms with van der Waals surface area (Å²) in [5, 5.41) is 22.2. The number of nitrogens with zero attached hydrogens (tertiary/aromatic N) is 3. The Hall–Kier alpha value is -3.28. The van der Waals surface area contributed by atoms with Gasteiger partial charge in [0.25, 0.3) is 17.5 Å². The molecule has 1 saturated carbocycles. The number of halogens is 3. The molecule has 6 unspecified atom stereocenters. The molecule has 6 rings (SSSR count). The molecule has 10 nitrogen and oxygen atoms in total. The lowest BCUT2D eigenvalue weighted by Gasteiger charge is -2.50. The van der Waals surface area contributed by atoms with E-state index in [9.17, 15) is 34.4 Å². The molecule has 0 aromatic heterocycles. The van der Waals surface area contributed by atoms with E-state index in [0.29, 0.717) is 5.57 Å². The Labute approximate surface area is 245 Å². The minimum absolute atomic E-state index is 0.0677. The van der Waals surface area contributed by atoms with E-state index in [4.69, 9.17) is 23.2 Å². The predicted octanol–water partition coefficient (Wildman–Crippen LogP) is 4.22. The SMILES string of the molecule is O=C1C2CC=C3C(CC4(Cl)C(=O)N(CBr)C(=O)C4(Cl)C3c3ccccc3O)C2C(=O)N1c1cccc([N+](=O)[O-])c1. The van der Waals surface area contributed by atoms with Gasteiger partial charge >= 0.3 is 0 Å². The second-order valence-electron chi connectivity index (χ2n) is 10.3. The van der Waals surface area contributed by atoms with Crippen LogP contribution in [0.25, 0.3) is 0 Å². The fourth-order valence-electron chi connectivity index (χ4n) is 6.83. The highest BCUT2D eigenvalue weighted by Gasteiger charge is 2.76. The van der Waals surface area contributed by atoms with Crippen LogP contribution in [0.2, 0.25) is 0 Å². The van der Waals surface area contributed by atoms with E-state index in [1.54, 1.807) is 24.3 Å². The number of carbonyl (C=O) groups excluding carboxylic acids is 4. The van der Waals surface area contributed by atoms with Crippen molar-refractivity contribution in [2.75, 3.05) is 10.4 Å². The van der Waals surface area contributed by atoms with Crippen molar-refractivity contribution in [3.05, 3.63) is 75.9 Å². The number of nitro benzene ring substituents is 1. The molecular formula is C27H20BrCl2N3O7. The van der Waals surface area contributed by atoms with Gasteiger partial charge in [-0.25, -0.2) is 4.90 Å². The summed E-state index contributed by atoms with van der Waals surface area (Å²) in [5.41, 5.74) is 0.434. The Morgan fingerprint density at radius 1 is 1.02 bits per heavy atom. The predicted molar refractivity (Wildman–Crippen MR) is 147 cm³/mol. The standard InChI is InChI=1S/C27H20BrCl2N3O7/c28-12-31-24(37)26(29)11-18-15(21(27(26,30)25(31)38)16-6-1-2-7-19(16)34)8-9-17-20(18)23(36)32(22(17)35)13-4-3-5-14(10-13)33(39)40/h1-8,10,17-18,20-21,34H,9,11-12H2. The number of carbonyl (C=O) groups is 4. The molecule has 2 aliphatic carbocycles. The normalized spacial score (nSPS) is 33.0. The maximum Gasteiger partial charge on any atom is 0.271 e. The number of nitro groups is 1. The summed E-state index contributed by atoms with van der Waals surface area (Å²) in [6, 6.07) is 11.5. The number of alkyl halides is 3. The molecule has 13 heteroatoms. The quantitative estimate of drug-likeness (QED) is 0.131. The number of para-hydroxylation sites is 1. The fraction of sp³-hybridized carbons (Fsp3) is 0.333. The maximum absolute atomic E-state index is 14.0. The molecule has 2 aromatic carbocycles. The van der Waals surface area contributed by atoms with Crippen molar-refractivity contribution in [2.24, 2.45) is 17.8 Å². The zero-order chi connectivity index (χ0) is 28.7. The van der Waals surface area contributed by atoms with Gasteiger partial charge in [0.2, 0.25) is 11.8 Å². The number of phenols is 1. The van der Waals surface area contributed by atoms with Crippen molar-refractivity contribution in [2.45, 2.75) is 28.5 Å².